The minimum Gasteiger partial charge on any atom is -0.295 e. The van der Waals surface area contributed by atoms with Crippen molar-refractivity contribution in [1.29, 1.82) is 0 Å². The van der Waals surface area contributed by atoms with Crippen LogP contribution >= 0.6 is 0 Å². The number of sulfonamides is 1. The molecule has 0 saturated carbocycles. The highest BCUT2D eigenvalue weighted by Gasteiger charge is 2.19. The standard InChI is InChI=1S/C18H21N3O3S/c1-11-8-12(2)13(3)17(9-11)25(23,24)19-14-6-7-15-16(10-14)21(5)18(22)20(15)4/h6-10,19H,1-5H3. The van der Waals surface area contributed by atoms with Crippen molar-refractivity contribution in [3.63, 3.8) is 0 Å². The lowest BCUT2D eigenvalue weighted by molar-refractivity contribution is 0.600. The Morgan fingerprint density at radius 1 is 0.920 bits per heavy atom. The van der Waals surface area contributed by atoms with Crippen molar-refractivity contribution in [2.24, 2.45) is 14.1 Å². The van der Waals surface area contributed by atoms with Gasteiger partial charge in [0.2, 0.25) is 0 Å². The van der Waals surface area contributed by atoms with Gasteiger partial charge >= 0.3 is 5.69 Å². The SMILES string of the molecule is Cc1cc(C)c(C)c(S(=O)(=O)Nc2ccc3c(c2)n(C)c(=O)n3C)c1. The molecule has 0 aliphatic carbocycles. The fourth-order valence-electron chi connectivity index (χ4n) is 3.06. The number of nitrogens with zero attached hydrogens (tertiary/aromatic N) is 2. The number of imidazole rings is 1. The molecule has 0 spiro atoms. The van der Waals surface area contributed by atoms with E-state index in [1.807, 2.05) is 19.9 Å². The summed E-state index contributed by atoms with van der Waals surface area (Å²) in [6.45, 7) is 5.57. The third-order valence-corrected chi connectivity index (χ3v) is 6.09. The van der Waals surface area contributed by atoms with Gasteiger partial charge in [0.05, 0.1) is 21.6 Å². The summed E-state index contributed by atoms with van der Waals surface area (Å²) in [7, 11) is -0.366. The number of anilines is 1. The van der Waals surface area contributed by atoms with E-state index in [-0.39, 0.29) is 10.6 Å². The largest absolute Gasteiger partial charge is 0.328 e. The van der Waals surface area contributed by atoms with Crippen molar-refractivity contribution >= 4 is 26.7 Å². The van der Waals surface area contributed by atoms with Gasteiger partial charge in [-0.15, -0.1) is 0 Å². The molecule has 6 nitrogen and oxygen atoms in total. The first kappa shape index (κ1) is 17.3. The molecule has 3 rings (SSSR count). The van der Waals surface area contributed by atoms with E-state index in [9.17, 15) is 13.2 Å². The lowest BCUT2D eigenvalue weighted by Crippen LogP contribution is -2.19. The van der Waals surface area contributed by atoms with Crippen molar-refractivity contribution in [3.8, 4) is 0 Å². The van der Waals surface area contributed by atoms with Crippen LogP contribution in [0, 0.1) is 20.8 Å². The van der Waals surface area contributed by atoms with Gasteiger partial charge in [-0.3, -0.25) is 13.9 Å². The Hall–Kier alpha value is -2.54. The van der Waals surface area contributed by atoms with Gasteiger partial charge in [0.25, 0.3) is 10.0 Å². The Bertz CT molecular complexity index is 1150. The van der Waals surface area contributed by atoms with Gasteiger partial charge in [-0.2, -0.15) is 0 Å². The molecule has 1 N–H and O–H groups in total. The van der Waals surface area contributed by atoms with E-state index in [1.54, 1.807) is 45.3 Å². The lowest BCUT2D eigenvalue weighted by Gasteiger charge is -2.13. The van der Waals surface area contributed by atoms with Gasteiger partial charge in [-0.05, 0) is 61.7 Å². The van der Waals surface area contributed by atoms with Crippen LogP contribution in [0.2, 0.25) is 0 Å². The highest BCUT2D eigenvalue weighted by Crippen LogP contribution is 2.25. The maximum atomic E-state index is 12.8. The number of nitrogens with one attached hydrogen (secondary N) is 1. The molecular formula is C18H21N3O3S. The van der Waals surface area contributed by atoms with Crippen LogP contribution in [0.25, 0.3) is 11.0 Å². The van der Waals surface area contributed by atoms with E-state index >= 15 is 0 Å². The Kier molecular flexibility index (Phi) is 3.99. The zero-order valence-electron chi connectivity index (χ0n) is 14.9. The lowest BCUT2D eigenvalue weighted by atomic mass is 10.1. The predicted molar refractivity (Wildman–Crippen MR) is 99.6 cm³/mol. The average molecular weight is 359 g/mol. The zero-order chi connectivity index (χ0) is 18.5. The molecule has 0 saturated heterocycles. The number of hydrogen-bond acceptors (Lipinski definition) is 3. The van der Waals surface area contributed by atoms with Gasteiger partial charge in [0, 0.05) is 14.1 Å². The van der Waals surface area contributed by atoms with E-state index in [0.717, 1.165) is 22.2 Å². The molecule has 0 bridgehead atoms. The van der Waals surface area contributed by atoms with Gasteiger partial charge in [-0.25, -0.2) is 13.2 Å². The Morgan fingerprint density at radius 2 is 1.56 bits per heavy atom. The monoisotopic (exact) mass is 359 g/mol. The molecule has 25 heavy (non-hydrogen) atoms. The summed E-state index contributed by atoms with van der Waals surface area (Å²) >= 11 is 0. The van der Waals surface area contributed by atoms with E-state index in [1.165, 1.54) is 9.13 Å². The molecule has 1 heterocycles. The van der Waals surface area contributed by atoms with Crippen LogP contribution in [-0.4, -0.2) is 17.6 Å². The average Bonchev–Trinajstić information content (AvgIpc) is 2.75. The maximum Gasteiger partial charge on any atom is 0.328 e. The van der Waals surface area contributed by atoms with Crippen molar-refractivity contribution in [1.82, 2.24) is 9.13 Å². The Morgan fingerprint density at radius 3 is 2.24 bits per heavy atom. The van der Waals surface area contributed by atoms with Crippen LogP contribution in [0.5, 0.6) is 0 Å². The van der Waals surface area contributed by atoms with Crippen LogP contribution in [0.4, 0.5) is 5.69 Å². The molecule has 0 unspecified atom stereocenters. The van der Waals surface area contributed by atoms with Gasteiger partial charge in [0.1, 0.15) is 0 Å². The minimum atomic E-state index is -3.72. The van der Waals surface area contributed by atoms with Gasteiger partial charge in [-0.1, -0.05) is 6.07 Å². The van der Waals surface area contributed by atoms with Gasteiger partial charge in [0.15, 0.2) is 0 Å². The Labute approximate surface area is 146 Å². The van der Waals surface area contributed by atoms with Gasteiger partial charge < -0.3 is 0 Å². The number of hydrogen-bond donors (Lipinski definition) is 1. The van der Waals surface area contributed by atoms with Crippen molar-refractivity contribution in [2.75, 3.05) is 4.72 Å². The normalized spacial score (nSPS) is 11.9. The number of fused-ring (bicyclic) bond motifs is 1. The highest BCUT2D eigenvalue weighted by atomic mass is 32.2. The molecule has 0 aliphatic rings. The predicted octanol–water partition coefficient (Wildman–Crippen LogP) is 2.60. The van der Waals surface area contributed by atoms with Crippen molar-refractivity contribution in [2.45, 2.75) is 25.7 Å². The second-order valence-electron chi connectivity index (χ2n) is 6.41. The van der Waals surface area contributed by atoms with Crippen LogP contribution in [-0.2, 0) is 24.1 Å². The molecule has 0 atom stereocenters. The topological polar surface area (TPSA) is 73.1 Å². The van der Waals surface area contributed by atoms with Crippen LogP contribution < -0.4 is 10.4 Å². The number of rotatable bonds is 3. The quantitative estimate of drug-likeness (QED) is 0.781. The molecule has 0 aliphatic heterocycles. The minimum absolute atomic E-state index is 0.153. The number of aryl methyl sites for hydroxylation is 4. The second-order valence-corrected chi connectivity index (χ2v) is 8.07. The molecule has 7 heteroatoms. The molecule has 2 aromatic carbocycles. The number of benzene rings is 2. The summed E-state index contributed by atoms with van der Waals surface area (Å²) in [5, 5.41) is 0. The van der Waals surface area contributed by atoms with E-state index in [0.29, 0.717) is 11.2 Å². The van der Waals surface area contributed by atoms with Crippen LogP contribution in [0.15, 0.2) is 40.0 Å². The van der Waals surface area contributed by atoms with E-state index in [4.69, 9.17) is 0 Å². The highest BCUT2D eigenvalue weighted by molar-refractivity contribution is 7.92. The maximum absolute atomic E-state index is 12.8. The fraction of sp³-hybridized carbons (Fsp3) is 0.278. The molecule has 3 aromatic rings. The summed E-state index contributed by atoms with van der Waals surface area (Å²) in [4.78, 5) is 12.3. The first-order valence-corrected chi connectivity index (χ1v) is 9.36. The van der Waals surface area contributed by atoms with E-state index < -0.39 is 10.0 Å². The van der Waals surface area contributed by atoms with E-state index in [2.05, 4.69) is 4.72 Å². The fourth-order valence-corrected chi connectivity index (χ4v) is 4.51. The summed E-state index contributed by atoms with van der Waals surface area (Å²) in [6, 6.07) is 8.70. The summed E-state index contributed by atoms with van der Waals surface area (Å²) in [5.74, 6) is 0. The third-order valence-electron chi connectivity index (χ3n) is 4.58. The molecule has 1 aromatic heterocycles. The second kappa shape index (κ2) is 5.77. The molecule has 0 radical (unpaired) electrons. The van der Waals surface area contributed by atoms with Crippen molar-refractivity contribution < 1.29 is 8.42 Å². The molecular weight excluding hydrogens is 338 g/mol. The summed E-state index contributed by atoms with van der Waals surface area (Å²) in [5.41, 5.74) is 4.24. The van der Waals surface area contributed by atoms with Crippen molar-refractivity contribution in [3.05, 3.63) is 57.5 Å². The first-order valence-electron chi connectivity index (χ1n) is 7.88. The summed E-state index contributed by atoms with van der Waals surface area (Å²) in [6.07, 6.45) is 0. The zero-order valence-corrected chi connectivity index (χ0v) is 15.7. The number of aromatic nitrogens is 2. The smallest absolute Gasteiger partial charge is 0.295 e. The molecule has 0 amide bonds. The Balaban J connectivity index is 2.09. The molecule has 132 valence electrons. The third kappa shape index (κ3) is 2.84. The first-order chi connectivity index (χ1) is 11.6. The van der Waals surface area contributed by atoms with Crippen LogP contribution in [0.1, 0.15) is 16.7 Å². The molecule has 0 fully saturated rings. The van der Waals surface area contributed by atoms with Crippen LogP contribution in [0.3, 0.4) is 0 Å². The summed E-state index contributed by atoms with van der Waals surface area (Å²) < 4.78 is 31.3.